The highest BCUT2D eigenvalue weighted by molar-refractivity contribution is 7.86. The average Bonchev–Trinajstić information content (AvgIpc) is 3.08. The minimum absolute atomic E-state index is 0.232. The zero-order valence-electron chi connectivity index (χ0n) is 11.5. The molecule has 2 aliphatic rings. The second-order valence-electron chi connectivity index (χ2n) is 5.16. The van der Waals surface area contributed by atoms with Crippen molar-refractivity contribution in [2.45, 2.75) is 25.8 Å². The molecule has 0 aliphatic carbocycles. The van der Waals surface area contributed by atoms with Gasteiger partial charge in [-0.1, -0.05) is 5.16 Å². The largest absolute Gasteiger partial charge is 0.379 e. The molecule has 7 nitrogen and oxygen atoms in total. The van der Waals surface area contributed by atoms with E-state index in [1.807, 2.05) is 13.0 Å². The summed E-state index contributed by atoms with van der Waals surface area (Å²) in [6, 6.07) is 1.58. The van der Waals surface area contributed by atoms with Gasteiger partial charge in [0, 0.05) is 25.7 Å². The lowest BCUT2D eigenvalue weighted by atomic mass is 10.2. The fourth-order valence-corrected chi connectivity index (χ4v) is 4.56. The fraction of sp³-hybridized carbons (Fsp3) is 0.750. The fourth-order valence-electron chi connectivity index (χ4n) is 2.77. The molecule has 2 fully saturated rings. The molecule has 2 saturated heterocycles. The smallest absolute Gasteiger partial charge is 0.282 e. The van der Waals surface area contributed by atoms with Crippen molar-refractivity contribution in [3.63, 3.8) is 0 Å². The predicted octanol–water partition coefficient (Wildman–Crippen LogP) is 0.697. The van der Waals surface area contributed by atoms with Crippen LogP contribution in [0.5, 0.6) is 0 Å². The highest BCUT2D eigenvalue weighted by atomic mass is 32.2. The Morgan fingerprint density at radius 1 is 1.30 bits per heavy atom. The number of hydrogen-bond acceptors (Lipinski definition) is 5. The van der Waals surface area contributed by atoms with Gasteiger partial charge in [0.15, 0.2) is 5.76 Å². The summed E-state index contributed by atoms with van der Waals surface area (Å²) >= 11 is 0. The van der Waals surface area contributed by atoms with E-state index >= 15 is 0 Å². The molecule has 0 aromatic carbocycles. The van der Waals surface area contributed by atoms with E-state index in [1.165, 1.54) is 8.61 Å². The van der Waals surface area contributed by atoms with Gasteiger partial charge in [0.05, 0.1) is 24.9 Å². The third-order valence-corrected chi connectivity index (χ3v) is 5.82. The van der Waals surface area contributed by atoms with E-state index in [0.29, 0.717) is 38.6 Å². The number of hydrogen-bond donors (Lipinski definition) is 0. The van der Waals surface area contributed by atoms with Crippen LogP contribution in [-0.2, 0) is 14.9 Å². The predicted molar refractivity (Wildman–Crippen MR) is 71.2 cm³/mol. The monoisotopic (exact) mass is 301 g/mol. The molecule has 1 aromatic rings. The zero-order chi connectivity index (χ0) is 14.2. The third-order valence-electron chi connectivity index (χ3n) is 3.77. The first-order valence-electron chi connectivity index (χ1n) is 6.87. The van der Waals surface area contributed by atoms with E-state index in [2.05, 4.69) is 5.16 Å². The molecular weight excluding hydrogens is 282 g/mol. The van der Waals surface area contributed by atoms with Crippen molar-refractivity contribution < 1.29 is 17.7 Å². The van der Waals surface area contributed by atoms with Crippen LogP contribution < -0.4 is 0 Å². The van der Waals surface area contributed by atoms with Gasteiger partial charge in [0.1, 0.15) is 0 Å². The molecule has 20 heavy (non-hydrogen) atoms. The highest BCUT2D eigenvalue weighted by Crippen LogP contribution is 2.35. The summed E-state index contributed by atoms with van der Waals surface area (Å²) < 4.78 is 38.9. The first-order chi connectivity index (χ1) is 9.59. The van der Waals surface area contributed by atoms with Crippen molar-refractivity contribution in [1.29, 1.82) is 0 Å². The van der Waals surface area contributed by atoms with Gasteiger partial charge in [-0.2, -0.15) is 17.0 Å². The summed E-state index contributed by atoms with van der Waals surface area (Å²) in [4.78, 5) is 0. The first-order valence-corrected chi connectivity index (χ1v) is 8.26. The Labute approximate surface area is 118 Å². The topological polar surface area (TPSA) is 75.9 Å². The Bertz CT molecular complexity index is 565. The lowest BCUT2D eigenvalue weighted by molar-refractivity contribution is 0.0696. The van der Waals surface area contributed by atoms with Crippen LogP contribution in [0.25, 0.3) is 0 Å². The van der Waals surface area contributed by atoms with Gasteiger partial charge in [-0.3, -0.25) is 0 Å². The molecule has 8 heteroatoms. The van der Waals surface area contributed by atoms with Crippen molar-refractivity contribution in [3.8, 4) is 0 Å². The average molecular weight is 301 g/mol. The molecule has 0 amide bonds. The molecule has 112 valence electrons. The molecular formula is C12H19N3O4S. The van der Waals surface area contributed by atoms with Crippen molar-refractivity contribution >= 4 is 10.2 Å². The van der Waals surface area contributed by atoms with Gasteiger partial charge in [-0.05, 0) is 19.8 Å². The lowest BCUT2D eigenvalue weighted by Crippen LogP contribution is -2.48. The normalized spacial score (nSPS) is 26.1. The van der Waals surface area contributed by atoms with Crippen molar-refractivity contribution in [1.82, 2.24) is 13.8 Å². The maximum atomic E-state index is 12.7. The maximum absolute atomic E-state index is 12.7. The highest BCUT2D eigenvalue weighted by Gasteiger charge is 2.40. The summed E-state index contributed by atoms with van der Waals surface area (Å²) in [5.74, 6) is 0.636. The van der Waals surface area contributed by atoms with Crippen LogP contribution in [0, 0.1) is 6.92 Å². The Morgan fingerprint density at radius 2 is 2.05 bits per heavy atom. The van der Waals surface area contributed by atoms with E-state index in [-0.39, 0.29) is 6.04 Å². The van der Waals surface area contributed by atoms with E-state index in [1.54, 1.807) is 0 Å². The summed E-state index contributed by atoms with van der Waals surface area (Å²) in [5, 5.41) is 3.86. The minimum atomic E-state index is -3.45. The standard InChI is InChI=1S/C12H19N3O4S/c1-10-9-12(19-13-10)11-3-2-4-15(11)20(16,17)14-5-7-18-8-6-14/h9,11H,2-8H2,1H3. The van der Waals surface area contributed by atoms with Gasteiger partial charge in [0.2, 0.25) is 0 Å². The molecule has 0 radical (unpaired) electrons. The molecule has 2 aliphatic heterocycles. The van der Waals surface area contributed by atoms with Crippen LogP contribution in [-0.4, -0.2) is 55.0 Å². The number of morpholine rings is 1. The Balaban J connectivity index is 1.84. The Hall–Kier alpha value is -0.960. The first kappa shape index (κ1) is 14.0. The van der Waals surface area contributed by atoms with Gasteiger partial charge in [-0.15, -0.1) is 0 Å². The van der Waals surface area contributed by atoms with E-state index in [0.717, 1.165) is 18.5 Å². The SMILES string of the molecule is Cc1cc(C2CCCN2S(=O)(=O)N2CCOCC2)on1. The van der Waals surface area contributed by atoms with Crippen molar-refractivity contribution in [2.75, 3.05) is 32.8 Å². The maximum Gasteiger partial charge on any atom is 0.282 e. The molecule has 1 unspecified atom stereocenters. The van der Waals surface area contributed by atoms with Gasteiger partial charge >= 0.3 is 0 Å². The van der Waals surface area contributed by atoms with Crippen molar-refractivity contribution in [2.24, 2.45) is 0 Å². The van der Waals surface area contributed by atoms with Crippen LogP contribution in [0.4, 0.5) is 0 Å². The number of rotatable bonds is 3. The molecule has 0 N–H and O–H groups in total. The number of ether oxygens (including phenoxy) is 1. The molecule has 1 aromatic heterocycles. The molecule has 0 bridgehead atoms. The number of aromatic nitrogens is 1. The van der Waals surface area contributed by atoms with Crippen LogP contribution >= 0.6 is 0 Å². The van der Waals surface area contributed by atoms with Gasteiger partial charge < -0.3 is 9.26 Å². The second kappa shape index (κ2) is 5.44. The molecule has 3 heterocycles. The van der Waals surface area contributed by atoms with Crippen LogP contribution in [0.2, 0.25) is 0 Å². The van der Waals surface area contributed by atoms with E-state index in [4.69, 9.17) is 9.26 Å². The molecule has 1 atom stereocenters. The summed E-state index contributed by atoms with van der Waals surface area (Å²) in [5.41, 5.74) is 0.774. The third kappa shape index (κ3) is 2.48. The van der Waals surface area contributed by atoms with Gasteiger partial charge in [0.25, 0.3) is 10.2 Å². The Morgan fingerprint density at radius 3 is 2.70 bits per heavy atom. The van der Waals surface area contributed by atoms with Gasteiger partial charge in [-0.25, -0.2) is 0 Å². The molecule has 0 spiro atoms. The minimum Gasteiger partial charge on any atom is -0.379 e. The quantitative estimate of drug-likeness (QED) is 0.821. The molecule has 3 rings (SSSR count). The zero-order valence-corrected chi connectivity index (χ0v) is 12.3. The summed E-state index contributed by atoms with van der Waals surface area (Å²) in [6.45, 7) is 4.12. The lowest BCUT2D eigenvalue weighted by Gasteiger charge is -2.32. The van der Waals surface area contributed by atoms with Crippen molar-refractivity contribution in [3.05, 3.63) is 17.5 Å². The number of aryl methyl sites for hydroxylation is 1. The number of nitrogens with zero attached hydrogens (tertiary/aromatic N) is 3. The van der Waals surface area contributed by atoms with Crippen LogP contribution in [0.15, 0.2) is 10.6 Å². The second-order valence-corrected chi connectivity index (χ2v) is 7.04. The van der Waals surface area contributed by atoms with Crippen LogP contribution in [0.1, 0.15) is 30.3 Å². The van der Waals surface area contributed by atoms with E-state index < -0.39 is 10.2 Å². The van der Waals surface area contributed by atoms with Crippen LogP contribution in [0.3, 0.4) is 0 Å². The Kier molecular flexibility index (Phi) is 3.80. The summed E-state index contributed by atoms with van der Waals surface area (Å²) in [6.07, 6.45) is 1.62. The van der Waals surface area contributed by atoms with E-state index in [9.17, 15) is 8.42 Å². The molecule has 0 saturated carbocycles. The summed E-state index contributed by atoms with van der Waals surface area (Å²) in [7, 11) is -3.45.